The van der Waals surface area contributed by atoms with E-state index in [0.717, 1.165) is 27.3 Å². The van der Waals surface area contributed by atoms with Crippen LogP contribution in [0.1, 0.15) is 48.6 Å². The van der Waals surface area contributed by atoms with Gasteiger partial charge in [-0.05, 0) is 56.4 Å². The lowest BCUT2D eigenvalue weighted by Crippen LogP contribution is -2.50. The molecular weight excluding hydrogens is 418 g/mol. The molecule has 0 unspecified atom stereocenters. The molecule has 0 aromatic heterocycles. The maximum atomic E-state index is 13.2. The largest absolute Gasteiger partial charge is 0.348 e. The van der Waals surface area contributed by atoms with Crippen molar-refractivity contribution in [2.45, 2.75) is 53.1 Å². The smallest absolute Gasteiger partial charge is 0.271 e. The van der Waals surface area contributed by atoms with Crippen LogP contribution in [0.4, 0.5) is 11.4 Å². The number of anilines is 1. The topological polar surface area (TPSA) is 110 Å². The fraction of sp³-hybridized carbons (Fsp3) is 0.409. The Morgan fingerprint density at radius 3 is 2.23 bits per heavy atom. The highest BCUT2D eigenvalue weighted by atomic mass is 32.2. The van der Waals surface area contributed by atoms with Crippen molar-refractivity contribution in [2.75, 3.05) is 10.6 Å². The number of non-ortho nitro benzene ring substituents is 1. The van der Waals surface area contributed by atoms with Gasteiger partial charge in [0.15, 0.2) is 0 Å². The fourth-order valence-corrected chi connectivity index (χ4v) is 4.67. The third-order valence-corrected chi connectivity index (χ3v) is 6.53. The number of carbonyl (C=O) groups excluding carboxylic acids is 1. The van der Waals surface area contributed by atoms with Gasteiger partial charge in [-0.1, -0.05) is 31.2 Å². The van der Waals surface area contributed by atoms with E-state index in [-0.39, 0.29) is 23.8 Å². The number of benzene rings is 2. The first-order chi connectivity index (χ1) is 14.4. The molecule has 0 radical (unpaired) electrons. The van der Waals surface area contributed by atoms with Crippen LogP contribution in [-0.2, 0) is 14.8 Å². The van der Waals surface area contributed by atoms with Crippen LogP contribution in [0, 0.1) is 30.9 Å². The summed E-state index contributed by atoms with van der Waals surface area (Å²) in [5, 5.41) is 14.1. The SMILES string of the molecule is CC[C@@H](C(=O)N[C@@H](C)c1ccc(C)c(C)c1)N(c1cc([N+](=O)[O-])ccc1C)S(C)(=O)=O. The standard InChI is InChI=1S/C22H29N3O5S/c1-7-20(22(26)23-17(5)18-10-8-14(2)16(4)12-18)24(31(6,29)30)21-13-19(25(27)28)11-9-15(21)3/h8-13,17,20H,7H2,1-6H3,(H,23,26)/t17-,20-/m0/s1. The monoisotopic (exact) mass is 447 g/mol. The van der Waals surface area contributed by atoms with Gasteiger partial charge in [-0.15, -0.1) is 0 Å². The number of aryl methyl sites for hydroxylation is 3. The Kier molecular flexibility index (Phi) is 7.43. The molecule has 2 aromatic carbocycles. The molecule has 2 aromatic rings. The first-order valence-electron chi connectivity index (χ1n) is 9.98. The van der Waals surface area contributed by atoms with Crippen LogP contribution in [0.25, 0.3) is 0 Å². The lowest BCUT2D eigenvalue weighted by molar-refractivity contribution is -0.384. The van der Waals surface area contributed by atoms with Crippen LogP contribution >= 0.6 is 0 Å². The molecule has 2 rings (SSSR count). The van der Waals surface area contributed by atoms with Crippen molar-refractivity contribution in [1.82, 2.24) is 5.32 Å². The molecule has 0 spiro atoms. The van der Waals surface area contributed by atoms with Crippen LogP contribution < -0.4 is 9.62 Å². The summed E-state index contributed by atoms with van der Waals surface area (Å²) in [5.41, 5.74) is 3.53. The molecule has 9 heteroatoms. The Morgan fingerprint density at radius 2 is 1.71 bits per heavy atom. The summed E-state index contributed by atoms with van der Waals surface area (Å²) < 4.78 is 26.4. The summed E-state index contributed by atoms with van der Waals surface area (Å²) in [6.07, 6.45) is 1.19. The van der Waals surface area contributed by atoms with E-state index in [1.807, 2.05) is 39.0 Å². The molecule has 0 saturated heterocycles. The maximum Gasteiger partial charge on any atom is 0.271 e. The first kappa shape index (κ1) is 24.3. The van der Waals surface area contributed by atoms with E-state index in [9.17, 15) is 23.3 Å². The van der Waals surface area contributed by atoms with Gasteiger partial charge in [0, 0.05) is 12.1 Å². The van der Waals surface area contributed by atoms with E-state index in [0.29, 0.717) is 5.56 Å². The summed E-state index contributed by atoms with van der Waals surface area (Å²) in [4.78, 5) is 23.8. The van der Waals surface area contributed by atoms with Crippen molar-refractivity contribution >= 4 is 27.3 Å². The molecule has 1 N–H and O–H groups in total. The van der Waals surface area contributed by atoms with Crippen LogP contribution in [0.5, 0.6) is 0 Å². The van der Waals surface area contributed by atoms with E-state index < -0.39 is 26.9 Å². The molecule has 0 heterocycles. The molecule has 0 saturated carbocycles. The minimum atomic E-state index is -3.90. The number of nitrogens with one attached hydrogen (secondary N) is 1. The number of carbonyl (C=O) groups is 1. The zero-order valence-corrected chi connectivity index (χ0v) is 19.5. The zero-order chi connectivity index (χ0) is 23.5. The maximum absolute atomic E-state index is 13.2. The highest BCUT2D eigenvalue weighted by Gasteiger charge is 2.34. The number of sulfonamides is 1. The van der Waals surface area contributed by atoms with E-state index in [1.165, 1.54) is 18.2 Å². The molecule has 31 heavy (non-hydrogen) atoms. The van der Waals surface area contributed by atoms with Gasteiger partial charge in [-0.25, -0.2) is 8.42 Å². The van der Waals surface area contributed by atoms with Gasteiger partial charge in [-0.2, -0.15) is 0 Å². The highest BCUT2D eigenvalue weighted by Crippen LogP contribution is 2.30. The zero-order valence-electron chi connectivity index (χ0n) is 18.7. The molecule has 0 bridgehead atoms. The molecule has 0 aliphatic rings. The normalized spacial score (nSPS) is 13.4. The van der Waals surface area contributed by atoms with Crippen molar-refractivity contribution in [3.63, 3.8) is 0 Å². The van der Waals surface area contributed by atoms with Crippen LogP contribution in [0.15, 0.2) is 36.4 Å². The summed E-state index contributed by atoms with van der Waals surface area (Å²) in [6, 6.07) is 8.47. The molecule has 2 atom stereocenters. The van der Waals surface area contributed by atoms with Crippen molar-refractivity contribution in [3.05, 3.63) is 68.8 Å². The van der Waals surface area contributed by atoms with Gasteiger partial charge >= 0.3 is 0 Å². The fourth-order valence-electron chi connectivity index (χ4n) is 3.41. The second-order valence-electron chi connectivity index (χ2n) is 7.78. The van der Waals surface area contributed by atoms with Crippen LogP contribution in [0.2, 0.25) is 0 Å². The summed E-state index contributed by atoms with van der Waals surface area (Å²) in [7, 11) is -3.90. The van der Waals surface area contributed by atoms with E-state index >= 15 is 0 Å². The minimum absolute atomic E-state index is 0.123. The van der Waals surface area contributed by atoms with Gasteiger partial charge < -0.3 is 5.32 Å². The van der Waals surface area contributed by atoms with Crippen molar-refractivity contribution in [1.29, 1.82) is 0 Å². The quantitative estimate of drug-likeness (QED) is 0.487. The van der Waals surface area contributed by atoms with Crippen molar-refractivity contribution < 1.29 is 18.1 Å². The molecule has 0 fully saturated rings. The lowest BCUT2D eigenvalue weighted by Gasteiger charge is -2.32. The first-order valence-corrected chi connectivity index (χ1v) is 11.8. The van der Waals surface area contributed by atoms with Gasteiger partial charge in [0.1, 0.15) is 6.04 Å². The van der Waals surface area contributed by atoms with E-state index in [2.05, 4.69) is 5.32 Å². The summed E-state index contributed by atoms with van der Waals surface area (Å²) >= 11 is 0. The Hall–Kier alpha value is -2.94. The number of nitro groups is 1. The Bertz CT molecular complexity index is 1100. The Morgan fingerprint density at radius 1 is 1.10 bits per heavy atom. The predicted molar refractivity (Wildman–Crippen MR) is 122 cm³/mol. The molecule has 168 valence electrons. The number of nitro benzene ring substituents is 1. The van der Waals surface area contributed by atoms with Gasteiger partial charge in [0.05, 0.1) is 22.9 Å². The van der Waals surface area contributed by atoms with Gasteiger partial charge in [0.25, 0.3) is 5.69 Å². The van der Waals surface area contributed by atoms with Crippen LogP contribution in [-0.4, -0.2) is 31.5 Å². The number of amides is 1. The average molecular weight is 448 g/mol. The molecular formula is C22H29N3O5S. The van der Waals surface area contributed by atoms with Gasteiger partial charge in [-0.3, -0.25) is 19.2 Å². The number of rotatable bonds is 8. The molecule has 0 aliphatic heterocycles. The number of hydrogen-bond acceptors (Lipinski definition) is 5. The highest BCUT2D eigenvalue weighted by molar-refractivity contribution is 7.92. The molecule has 8 nitrogen and oxygen atoms in total. The van der Waals surface area contributed by atoms with Gasteiger partial charge in [0.2, 0.25) is 15.9 Å². The predicted octanol–water partition coefficient (Wildman–Crippen LogP) is 3.94. The minimum Gasteiger partial charge on any atom is -0.348 e. The van der Waals surface area contributed by atoms with Crippen molar-refractivity contribution in [2.24, 2.45) is 0 Å². The van der Waals surface area contributed by atoms with E-state index in [4.69, 9.17) is 0 Å². The third-order valence-electron chi connectivity index (χ3n) is 5.36. The van der Waals surface area contributed by atoms with E-state index in [1.54, 1.807) is 13.8 Å². The molecule has 0 aliphatic carbocycles. The second kappa shape index (κ2) is 9.47. The summed E-state index contributed by atoms with van der Waals surface area (Å²) in [6.45, 7) is 9.17. The third kappa shape index (κ3) is 5.61. The van der Waals surface area contributed by atoms with Crippen LogP contribution in [0.3, 0.4) is 0 Å². The second-order valence-corrected chi connectivity index (χ2v) is 9.64. The van der Waals surface area contributed by atoms with Crippen molar-refractivity contribution in [3.8, 4) is 0 Å². The number of nitrogens with zero attached hydrogens (tertiary/aromatic N) is 2. The Balaban J connectivity index is 2.43. The number of hydrogen-bond donors (Lipinski definition) is 1. The lowest BCUT2D eigenvalue weighted by atomic mass is 10.0. The molecule has 1 amide bonds. The average Bonchev–Trinajstić information content (AvgIpc) is 2.67. The summed E-state index contributed by atoms with van der Waals surface area (Å²) in [5.74, 6) is -0.468. The Labute approximate surface area is 183 Å².